The predicted octanol–water partition coefficient (Wildman–Crippen LogP) is 3.97. The molecule has 0 spiro atoms. The van der Waals surface area contributed by atoms with Gasteiger partial charge in [-0.05, 0) is 42.0 Å². The summed E-state index contributed by atoms with van der Waals surface area (Å²) in [6.45, 7) is 0.434. The Labute approximate surface area is 186 Å². The molecule has 0 aliphatic rings. The van der Waals surface area contributed by atoms with Crippen LogP contribution in [0, 0.1) is 0 Å². The highest BCUT2D eigenvalue weighted by atomic mass is 79.9. The third-order valence-corrected chi connectivity index (χ3v) is 5.78. The second-order valence-corrected chi connectivity index (χ2v) is 8.25. The molecule has 152 valence electrons. The van der Waals surface area contributed by atoms with E-state index >= 15 is 0 Å². The highest BCUT2D eigenvalue weighted by Gasteiger charge is 2.12. The van der Waals surface area contributed by atoms with E-state index in [-0.39, 0.29) is 11.7 Å². The molecule has 1 N–H and O–H groups in total. The summed E-state index contributed by atoms with van der Waals surface area (Å²) < 4.78 is 7.87. The molecular formula is C21H18BrN5O2S. The average Bonchev–Trinajstić information content (AvgIpc) is 3.19. The third-order valence-electron chi connectivity index (χ3n) is 4.33. The molecule has 0 unspecified atom stereocenters. The highest BCUT2D eigenvalue weighted by Crippen LogP contribution is 2.22. The molecule has 4 rings (SSSR count). The molecule has 0 saturated carbocycles. The summed E-state index contributed by atoms with van der Waals surface area (Å²) in [6, 6.07) is 19.3. The first-order valence-electron chi connectivity index (χ1n) is 9.13. The van der Waals surface area contributed by atoms with Crippen LogP contribution in [0.5, 0.6) is 5.75 Å². The molecule has 2 heterocycles. The predicted molar refractivity (Wildman–Crippen MR) is 119 cm³/mol. The van der Waals surface area contributed by atoms with Gasteiger partial charge in [0.2, 0.25) is 11.1 Å². The van der Waals surface area contributed by atoms with E-state index in [4.69, 9.17) is 4.74 Å². The smallest absolute Gasteiger partial charge is 0.230 e. The number of benzene rings is 2. The minimum absolute atomic E-state index is 0.0939. The second-order valence-electron chi connectivity index (χ2n) is 6.39. The van der Waals surface area contributed by atoms with Gasteiger partial charge in [-0.15, -0.1) is 10.2 Å². The minimum atomic E-state index is -0.0939. The van der Waals surface area contributed by atoms with Crippen molar-refractivity contribution in [3.63, 3.8) is 0 Å². The number of methoxy groups -OCH3 is 1. The standard InChI is InChI=1S/C21H18BrN5O2S/c1-29-17-4-2-3-14(11-17)12-23-20(28)13-30-21-25-24-19-10-9-18(26-27(19)21)15-5-7-16(22)8-6-15/h2-11H,12-13H2,1H3,(H,23,28). The number of ether oxygens (including phenoxy) is 1. The van der Waals surface area contributed by atoms with E-state index in [1.807, 2.05) is 60.7 Å². The van der Waals surface area contributed by atoms with E-state index in [0.717, 1.165) is 27.0 Å². The number of fused-ring (bicyclic) bond motifs is 1. The number of aromatic nitrogens is 4. The van der Waals surface area contributed by atoms with Gasteiger partial charge in [-0.25, -0.2) is 0 Å². The molecule has 0 atom stereocenters. The third kappa shape index (κ3) is 4.80. The molecule has 0 saturated heterocycles. The van der Waals surface area contributed by atoms with Crippen molar-refractivity contribution in [1.29, 1.82) is 0 Å². The summed E-state index contributed by atoms with van der Waals surface area (Å²) in [5.74, 6) is 0.886. The molecule has 0 aliphatic heterocycles. The lowest BCUT2D eigenvalue weighted by molar-refractivity contribution is -0.118. The SMILES string of the molecule is COc1cccc(CNC(=O)CSc2nnc3ccc(-c4ccc(Br)cc4)nn23)c1. The van der Waals surface area contributed by atoms with E-state index in [1.165, 1.54) is 11.8 Å². The number of thioether (sulfide) groups is 1. The monoisotopic (exact) mass is 483 g/mol. The minimum Gasteiger partial charge on any atom is -0.497 e. The van der Waals surface area contributed by atoms with Crippen LogP contribution in [-0.4, -0.2) is 38.6 Å². The number of halogens is 1. The lowest BCUT2D eigenvalue weighted by Crippen LogP contribution is -2.24. The molecule has 7 nitrogen and oxygen atoms in total. The van der Waals surface area contributed by atoms with E-state index in [9.17, 15) is 4.79 Å². The maximum Gasteiger partial charge on any atom is 0.230 e. The lowest BCUT2D eigenvalue weighted by atomic mass is 10.1. The quantitative estimate of drug-likeness (QED) is 0.400. The zero-order valence-electron chi connectivity index (χ0n) is 16.1. The topological polar surface area (TPSA) is 81.4 Å². The van der Waals surface area contributed by atoms with Gasteiger partial charge in [0.25, 0.3) is 0 Å². The van der Waals surface area contributed by atoms with Crippen molar-refractivity contribution < 1.29 is 9.53 Å². The summed E-state index contributed by atoms with van der Waals surface area (Å²) >= 11 is 4.74. The number of carbonyl (C=O) groups excluding carboxylic acids is 1. The van der Waals surface area contributed by atoms with Gasteiger partial charge in [0.15, 0.2) is 5.65 Å². The molecule has 0 bridgehead atoms. The maximum absolute atomic E-state index is 12.3. The molecule has 2 aromatic carbocycles. The van der Waals surface area contributed by atoms with Crippen molar-refractivity contribution in [2.45, 2.75) is 11.7 Å². The zero-order chi connectivity index (χ0) is 20.9. The van der Waals surface area contributed by atoms with Gasteiger partial charge in [0.05, 0.1) is 18.6 Å². The first kappa shape index (κ1) is 20.4. The number of rotatable bonds is 7. The second kappa shape index (κ2) is 9.27. The van der Waals surface area contributed by atoms with Crippen LogP contribution in [0.4, 0.5) is 0 Å². The first-order chi connectivity index (χ1) is 14.6. The van der Waals surface area contributed by atoms with Crippen LogP contribution in [0.1, 0.15) is 5.56 Å². The fraction of sp³-hybridized carbons (Fsp3) is 0.143. The number of nitrogens with one attached hydrogen (secondary N) is 1. The van der Waals surface area contributed by atoms with Gasteiger partial charge >= 0.3 is 0 Å². The van der Waals surface area contributed by atoms with Crippen LogP contribution in [0.3, 0.4) is 0 Å². The van der Waals surface area contributed by atoms with Crippen LogP contribution in [0.2, 0.25) is 0 Å². The average molecular weight is 484 g/mol. The highest BCUT2D eigenvalue weighted by molar-refractivity contribution is 9.10. The van der Waals surface area contributed by atoms with Crippen molar-refractivity contribution >= 4 is 39.2 Å². The number of hydrogen-bond donors (Lipinski definition) is 1. The summed E-state index contributed by atoms with van der Waals surface area (Å²) in [4.78, 5) is 12.3. The number of carbonyl (C=O) groups is 1. The molecule has 1 amide bonds. The molecule has 0 radical (unpaired) electrons. The fourth-order valence-corrected chi connectivity index (χ4v) is 3.78. The van der Waals surface area contributed by atoms with Gasteiger partial charge in [-0.2, -0.15) is 9.61 Å². The van der Waals surface area contributed by atoms with Gasteiger partial charge in [0, 0.05) is 16.6 Å². The fourth-order valence-electron chi connectivity index (χ4n) is 2.80. The Morgan fingerprint density at radius 2 is 1.97 bits per heavy atom. The van der Waals surface area contributed by atoms with Gasteiger partial charge in [0.1, 0.15) is 5.75 Å². The Bertz CT molecular complexity index is 1180. The summed E-state index contributed by atoms with van der Waals surface area (Å²) in [5.41, 5.74) is 3.40. The molecule has 9 heteroatoms. The maximum atomic E-state index is 12.3. The van der Waals surface area contributed by atoms with Crippen LogP contribution >= 0.6 is 27.7 Å². The van der Waals surface area contributed by atoms with Crippen LogP contribution in [0.25, 0.3) is 16.9 Å². The molecule has 2 aromatic heterocycles. The lowest BCUT2D eigenvalue weighted by Gasteiger charge is -2.07. The Balaban J connectivity index is 1.41. The van der Waals surface area contributed by atoms with E-state index in [1.54, 1.807) is 11.6 Å². The van der Waals surface area contributed by atoms with Crippen LogP contribution in [-0.2, 0) is 11.3 Å². The zero-order valence-corrected chi connectivity index (χ0v) is 18.5. The molecule has 4 aromatic rings. The Hall–Kier alpha value is -2.91. The largest absolute Gasteiger partial charge is 0.497 e. The summed E-state index contributed by atoms with van der Waals surface area (Å²) in [7, 11) is 1.62. The van der Waals surface area contributed by atoms with E-state index in [0.29, 0.717) is 17.3 Å². The van der Waals surface area contributed by atoms with Crippen LogP contribution in [0.15, 0.2) is 70.3 Å². The number of nitrogens with zero attached hydrogens (tertiary/aromatic N) is 4. The summed E-state index contributed by atoms with van der Waals surface area (Å²) in [6.07, 6.45) is 0. The number of amides is 1. The van der Waals surface area contributed by atoms with Crippen molar-refractivity contribution in [3.8, 4) is 17.0 Å². The molecule has 0 fully saturated rings. The van der Waals surface area contributed by atoms with Crippen molar-refractivity contribution in [2.75, 3.05) is 12.9 Å². The van der Waals surface area contributed by atoms with Gasteiger partial charge in [-0.3, -0.25) is 4.79 Å². The molecule has 30 heavy (non-hydrogen) atoms. The van der Waals surface area contributed by atoms with Crippen molar-refractivity contribution in [2.24, 2.45) is 0 Å². The van der Waals surface area contributed by atoms with Crippen LogP contribution < -0.4 is 10.1 Å². The normalized spacial score (nSPS) is 10.9. The van der Waals surface area contributed by atoms with Gasteiger partial charge < -0.3 is 10.1 Å². The van der Waals surface area contributed by atoms with Crippen molar-refractivity contribution in [1.82, 2.24) is 25.1 Å². The molecular weight excluding hydrogens is 466 g/mol. The van der Waals surface area contributed by atoms with E-state index in [2.05, 4.69) is 36.5 Å². The Kier molecular flexibility index (Phi) is 6.29. The Morgan fingerprint density at radius 1 is 1.13 bits per heavy atom. The van der Waals surface area contributed by atoms with Gasteiger partial charge in [-0.1, -0.05) is 52.0 Å². The number of hydrogen-bond acceptors (Lipinski definition) is 6. The first-order valence-corrected chi connectivity index (χ1v) is 10.9. The Morgan fingerprint density at radius 3 is 2.77 bits per heavy atom. The summed E-state index contributed by atoms with van der Waals surface area (Å²) in [5, 5.41) is 16.4. The van der Waals surface area contributed by atoms with E-state index < -0.39 is 0 Å². The molecule has 0 aliphatic carbocycles. The van der Waals surface area contributed by atoms with Crippen molar-refractivity contribution in [3.05, 3.63) is 70.7 Å².